The Labute approximate surface area is 233 Å². The van der Waals surface area contributed by atoms with Crippen LogP contribution in [0.2, 0.25) is 0 Å². The number of hydrogen-bond donors (Lipinski definition) is 4. The highest BCUT2D eigenvalue weighted by molar-refractivity contribution is 5.99. The number of alkyl halides is 1. The molecule has 4 N–H and O–H groups in total. The second kappa shape index (κ2) is 9.94. The van der Waals surface area contributed by atoms with Crippen LogP contribution in [0.5, 0.6) is 0 Å². The van der Waals surface area contributed by atoms with Crippen molar-refractivity contribution in [1.29, 1.82) is 0 Å². The van der Waals surface area contributed by atoms with Gasteiger partial charge in [-0.05, 0) is 86.5 Å². The van der Waals surface area contributed by atoms with Crippen molar-refractivity contribution in [1.82, 2.24) is 25.2 Å². The Kier molecular flexibility index (Phi) is 6.54. The van der Waals surface area contributed by atoms with Gasteiger partial charge in [0.25, 0.3) is 5.91 Å². The van der Waals surface area contributed by atoms with E-state index >= 15 is 4.39 Å². The predicted octanol–water partition coefficient (Wildman–Crippen LogP) is 4.37. The molecule has 10 heteroatoms. The summed E-state index contributed by atoms with van der Waals surface area (Å²) in [6, 6.07) is 7.71. The van der Waals surface area contributed by atoms with E-state index in [2.05, 4.69) is 37.5 Å². The predicted molar refractivity (Wildman–Crippen MR) is 152 cm³/mol. The lowest BCUT2D eigenvalue weighted by molar-refractivity contribution is 0.0554. The molecular weight excluding hydrogens is 509 g/mol. The number of carbonyl (C=O) groups excluding carboxylic acids is 1. The molecule has 0 saturated carbocycles. The first-order valence-electron chi connectivity index (χ1n) is 13.7. The average molecular weight is 544 g/mol. The number of anilines is 4. The number of pyridine rings is 1. The van der Waals surface area contributed by atoms with Crippen molar-refractivity contribution in [2.45, 2.75) is 56.8 Å². The van der Waals surface area contributed by atoms with Gasteiger partial charge in [-0.1, -0.05) is 12.1 Å². The minimum absolute atomic E-state index is 0.242. The summed E-state index contributed by atoms with van der Waals surface area (Å²) >= 11 is 0. The number of fused-ring (bicyclic) bond motifs is 1. The molecule has 0 unspecified atom stereocenters. The van der Waals surface area contributed by atoms with Crippen LogP contribution in [0.3, 0.4) is 0 Å². The number of hydrogen-bond acceptors (Lipinski definition) is 8. The monoisotopic (exact) mass is 543 g/mol. The van der Waals surface area contributed by atoms with Crippen LogP contribution >= 0.6 is 0 Å². The molecule has 2 aliphatic carbocycles. The Morgan fingerprint density at radius 2 is 2.00 bits per heavy atom. The maximum atomic E-state index is 15.9. The summed E-state index contributed by atoms with van der Waals surface area (Å²) < 4.78 is 15.9. The molecule has 0 saturated heterocycles. The first kappa shape index (κ1) is 26.3. The number of nitrogens with one attached hydrogen (secondary N) is 3. The molecule has 3 aliphatic rings. The Morgan fingerprint density at radius 1 is 1.18 bits per heavy atom. The number of aromatic nitrogens is 3. The summed E-state index contributed by atoms with van der Waals surface area (Å²) in [5.41, 5.74) is 3.17. The van der Waals surface area contributed by atoms with Crippen LogP contribution in [0.1, 0.15) is 64.5 Å². The molecule has 6 rings (SSSR count). The van der Waals surface area contributed by atoms with Gasteiger partial charge in [-0.15, -0.1) is 6.58 Å². The summed E-state index contributed by atoms with van der Waals surface area (Å²) in [6.45, 7) is 6.79. The number of nitrogens with zero attached hydrogens (tertiary/aromatic N) is 4. The van der Waals surface area contributed by atoms with Crippen molar-refractivity contribution in [2.24, 2.45) is 0 Å². The summed E-state index contributed by atoms with van der Waals surface area (Å²) in [5.74, 6) is 0.659. The number of halogens is 1. The third kappa shape index (κ3) is 4.82. The van der Waals surface area contributed by atoms with Gasteiger partial charge < -0.3 is 21.1 Å². The first-order valence-corrected chi connectivity index (χ1v) is 13.7. The summed E-state index contributed by atoms with van der Waals surface area (Å²) in [7, 11) is 1.95. The van der Waals surface area contributed by atoms with Gasteiger partial charge in [-0.2, -0.15) is 4.98 Å². The lowest BCUT2D eigenvalue weighted by atomic mass is 9.75. The second-order valence-electron chi connectivity index (χ2n) is 11.3. The minimum atomic E-state index is -1.31. The van der Waals surface area contributed by atoms with E-state index in [1.165, 1.54) is 6.20 Å². The standard InChI is InChI=1S/C30H34FN7O2/c1-4-12-32-27(39)22-15-33-28(37-26(22)36-23-8-7-18-9-11-29(2,40)25(18)35-23)34-21-13-19-6-5-10-30(31)17-38(3)16-20(14-21)24(19)30/h4,7-8,13-15,40H,1,5-6,9-12,16-17H2,2-3H3,(H,32,39)(H2,33,34,35,36,37)/t29-,30-/m1/s1. The molecular formula is C30H34FN7O2. The molecule has 1 aromatic carbocycles. The molecule has 1 amide bonds. The van der Waals surface area contributed by atoms with E-state index in [0.29, 0.717) is 44.0 Å². The Morgan fingerprint density at radius 3 is 2.83 bits per heavy atom. The molecule has 208 valence electrons. The van der Waals surface area contributed by atoms with Crippen LogP contribution in [0.15, 0.2) is 43.1 Å². The number of rotatable bonds is 7. The number of likely N-dealkylation sites (N-methyl/N-ethyl adjacent to an activating group) is 1. The average Bonchev–Trinajstić information content (AvgIpc) is 3.20. The van der Waals surface area contributed by atoms with E-state index in [4.69, 9.17) is 0 Å². The molecule has 0 bridgehead atoms. The molecule has 40 heavy (non-hydrogen) atoms. The Hall–Kier alpha value is -3.89. The zero-order valence-electron chi connectivity index (χ0n) is 22.9. The van der Waals surface area contributed by atoms with Crippen LogP contribution in [-0.4, -0.2) is 51.0 Å². The van der Waals surface area contributed by atoms with Gasteiger partial charge in [-0.25, -0.2) is 14.4 Å². The van der Waals surface area contributed by atoms with E-state index in [9.17, 15) is 9.90 Å². The zero-order valence-corrected chi connectivity index (χ0v) is 22.9. The van der Waals surface area contributed by atoms with Crippen molar-refractivity contribution in [3.8, 4) is 0 Å². The maximum Gasteiger partial charge on any atom is 0.256 e. The van der Waals surface area contributed by atoms with Crippen molar-refractivity contribution in [3.63, 3.8) is 0 Å². The highest BCUT2D eigenvalue weighted by Gasteiger charge is 2.42. The molecule has 3 heterocycles. The summed E-state index contributed by atoms with van der Waals surface area (Å²) in [4.78, 5) is 28.6. The Balaban J connectivity index is 1.34. The van der Waals surface area contributed by atoms with Crippen molar-refractivity contribution < 1.29 is 14.3 Å². The summed E-state index contributed by atoms with van der Waals surface area (Å²) in [5, 5.41) is 19.9. The molecule has 0 radical (unpaired) electrons. The fourth-order valence-electron chi connectivity index (χ4n) is 6.29. The van der Waals surface area contributed by atoms with E-state index < -0.39 is 11.3 Å². The molecule has 9 nitrogen and oxygen atoms in total. The van der Waals surface area contributed by atoms with Crippen molar-refractivity contribution >= 4 is 29.2 Å². The fraction of sp³-hybridized carbons (Fsp3) is 0.400. The smallest absolute Gasteiger partial charge is 0.256 e. The quantitative estimate of drug-likeness (QED) is 0.325. The van der Waals surface area contributed by atoms with E-state index in [1.54, 1.807) is 13.0 Å². The zero-order chi connectivity index (χ0) is 28.1. The second-order valence-corrected chi connectivity index (χ2v) is 11.3. The normalized spacial score (nSPS) is 23.2. The van der Waals surface area contributed by atoms with Gasteiger partial charge in [0, 0.05) is 31.5 Å². The van der Waals surface area contributed by atoms with Gasteiger partial charge in [0.2, 0.25) is 5.95 Å². The van der Waals surface area contributed by atoms with Crippen LogP contribution in [0.4, 0.5) is 27.7 Å². The largest absolute Gasteiger partial charge is 0.384 e. The molecule has 2 atom stereocenters. The van der Waals surface area contributed by atoms with Crippen molar-refractivity contribution in [3.05, 3.63) is 76.6 Å². The fourth-order valence-corrected chi connectivity index (χ4v) is 6.29. The van der Waals surface area contributed by atoms with E-state index in [0.717, 1.165) is 47.2 Å². The Bertz CT molecular complexity index is 1510. The van der Waals surface area contributed by atoms with Gasteiger partial charge in [0.1, 0.15) is 28.5 Å². The first-order chi connectivity index (χ1) is 19.1. The summed E-state index contributed by atoms with van der Waals surface area (Å²) in [6.07, 6.45) is 6.60. The van der Waals surface area contributed by atoms with Gasteiger partial charge in [0.05, 0.1) is 5.69 Å². The van der Waals surface area contributed by atoms with E-state index in [1.807, 2.05) is 36.2 Å². The third-order valence-electron chi connectivity index (χ3n) is 8.04. The molecule has 1 aliphatic heterocycles. The lowest BCUT2D eigenvalue weighted by Gasteiger charge is -2.41. The molecule has 0 fully saturated rings. The molecule has 0 spiro atoms. The highest BCUT2D eigenvalue weighted by Crippen LogP contribution is 2.45. The maximum absolute atomic E-state index is 15.9. The molecule has 2 aromatic heterocycles. The van der Waals surface area contributed by atoms with Gasteiger partial charge in [0.15, 0.2) is 0 Å². The van der Waals surface area contributed by atoms with Crippen LogP contribution in [0.25, 0.3) is 0 Å². The topological polar surface area (TPSA) is 115 Å². The number of amides is 1. The number of aliphatic hydroxyl groups is 1. The van der Waals surface area contributed by atoms with Gasteiger partial charge in [-0.3, -0.25) is 9.69 Å². The van der Waals surface area contributed by atoms with Gasteiger partial charge >= 0.3 is 0 Å². The van der Waals surface area contributed by atoms with Crippen LogP contribution in [0, 0.1) is 0 Å². The minimum Gasteiger partial charge on any atom is -0.384 e. The SMILES string of the molecule is C=CCNC(=O)c1cnc(Nc2cc3c4c(c2)CN(C)C[C@]4(F)CCC3)nc1Nc1ccc2c(n1)[C@](C)(O)CC2. The van der Waals surface area contributed by atoms with Crippen LogP contribution < -0.4 is 16.0 Å². The number of carbonyl (C=O) groups is 1. The van der Waals surface area contributed by atoms with E-state index in [-0.39, 0.29) is 23.2 Å². The highest BCUT2D eigenvalue weighted by atomic mass is 19.1. The number of aryl methyl sites for hydroxylation is 2. The van der Waals surface area contributed by atoms with Crippen molar-refractivity contribution in [2.75, 3.05) is 30.8 Å². The third-order valence-corrected chi connectivity index (χ3v) is 8.04. The molecule has 3 aromatic rings. The lowest BCUT2D eigenvalue weighted by Crippen LogP contribution is -2.43. The number of benzene rings is 1. The van der Waals surface area contributed by atoms with Crippen LogP contribution in [-0.2, 0) is 30.7 Å².